The molecule has 28 heavy (non-hydrogen) atoms. The third-order valence-electron chi connectivity index (χ3n) is 7.11. The maximum atomic E-state index is 14.4. The Bertz CT molecular complexity index is 583. The number of hydrazine groups is 1. The quantitative estimate of drug-likeness (QED) is 0.512. The normalized spacial score (nSPS) is 42.7. The Morgan fingerprint density at radius 1 is 1.29 bits per heavy atom. The Hall–Kier alpha value is -0.410. The van der Waals surface area contributed by atoms with Gasteiger partial charge in [0.15, 0.2) is 0 Å². The number of nitrogens with one attached hydrogen (secondary N) is 4. The highest BCUT2D eigenvalue weighted by atomic mass is 32.2. The van der Waals surface area contributed by atoms with Crippen molar-refractivity contribution in [3.8, 4) is 0 Å². The Labute approximate surface area is 172 Å². The molecule has 6 nitrogen and oxygen atoms in total. The van der Waals surface area contributed by atoms with Crippen LogP contribution in [0.4, 0.5) is 4.39 Å². The molecule has 7 unspecified atom stereocenters. The van der Waals surface area contributed by atoms with E-state index in [0.29, 0.717) is 36.3 Å². The molecule has 1 aliphatic carbocycles. The highest BCUT2D eigenvalue weighted by Crippen LogP contribution is 2.49. The fraction of sp³-hybridized carbons (Fsp3) is 0.950. The summed E-state index contributed by atoms with van der Waals surface area (Å²) in [6, 6.07) is 0.648. The second-order valence-electron chi connectivity index (χ2n) is 9.86. The molecule has 8 heteroatoms. The molecule has 3 aliphatic heterocycles. The van der Waals surface area contributed by atoms with Crippen LogP contribution in [-0.4, -0.2) is 66.1 Å². The van der Waals surface area contributed by atoms with Gasteiger partial charge in [0.1, 0.15) is 10.9 Å². The van der Waals surface area contributed by atoms with Gasteiger partial charge >= 0.3 is 0 Å². The highest BCUT2D eigenvalue weighted by molar-refractivity contribution is 7.99. The summed E-state index contributed by atoms with van der Waals surface area (Å²) in [5, 5.41) is 8.67. The van der Waals surface area contributed by atoms with E-state index in [4.69, 9.17) is 0 Å². The van der Waals surface area contributed by atoms with Gasteiger partial charge in [-0.3, -0.25) is 14.9 Å². The number of carbonyl (C=O) groups is 1. The third kappa shape index (κ3) is 4.36. The summed E-state index contributed by atoms with van der Waals surface area (Å²) in [6.07, 6.45) is 4.01. The van der Waals surface area contributed by atoms with Crippen molar-refractivity contribution in [2.75, 3.05) is 20.1 Å². The minimum absolute atomic E-state index is 0.0395. The lowest BCUT2D eigenvalue weighted by Gasteiger charge is -2.37. The first kappa shape index (κ1) is 20.8. The average molecular weight is 414 g/mol. The molecule has 0 spiro atoms. The molecule has 4 fully saturated rings. The summed E-state index contributed by atoms with van der Waals surface area (Å²) < 4.78 is 18.0. The van der Waals surface area contributed by atoms with Gasteiger partial charge in [-0.2, -0.15) is 0 Å². The van der Waals surface area contributed by atoms with Crippen LogP contribution in [0.3, 0.4) is 0 Å². The summed E-state index contributed by atoms with van der Waals surface area (Å²) in [7, 11) is 2.09. The lowest BCUT2D eigenvalue weighted by atomic mass is 9.80. The van der Waals surface area contributed by atoms with Gasteiger partial charge in [0.25, 0.3) is 0 Å². The zero-order chi connectivity index (χ0) is 20.1. The minimum Gasteiger partial charge on any atom is -0.352 e. The Morgan fingerprint density at radius 3 is 2.64 bits per heavy atom. The monoisotopic (exact) mass is 413 g/mol. The van der Waals surface area contributed by atoms with Crippen molar-refractivity contribution in [2.24, 2.45) is 17.8 Å². The van der Waals surface area contributed by atoms with E-state index in [1.165, 1.54) is 12.8 Å². The van der Waals surface area contributed by atoms with Gasteiger partial charge < -0.3 is 10.6 Å². The topological polar surface area (TPSA) is 68.4 Å². The number of rotatable bonds is 5. The standard InChI is InChI=1S/C20H36FN5OS/c1-11-14(10-26(4)24-11)17-16(12-5-6-12)18(28-25-17)19(27)23-13-7-8-22-15(9-13)20(2,3)21/h11-18,22,24-25H,5-10H2,1-4H3,(H,23,27). The lowest BCUT2D eigenvalue weighted by Crippen LogP contribution is -2.55. The molecular weight excluding hydrogens is 377 g/mol. The van der Waals surface area contributed by atoms with Gasteiger partial charge in [-0.25, -0.2) is 9.40 Å². The number of hydrogen-bond acceptors (Lipinski definition) is 6. The molecule has 3 heterocycles. The molecule has 4 aliphatic rings. The molecule has 0 aromatic rings. The van der Waals surface area contributed by atoms with Crippen LogP contribution in [0.15, 0.2) is 0 Å². The first-order valence-corrected chi connectivity index (χ1v) is 11.7. The summed E-state index contributed by atoms with van der Waals surface area (Å²) in [5.74, 6) is 1.70. The summed E-state index contributed by atoms with van der Waals surface area (Å²) in [5.41, 5.74) is 2.22. The number of alkyl halides is 1. The molecule has 160 valence electrons. The van der Waals surface area contributed by atoms with Gasteiger partial charge in [0.2, 0.25) is 5.91 Å². The maximum absolute atomic E-state index is 14.4. The minimum atomic E-state index is -1.27. The van der Waals surface area contributed by atoms with Crippen LogP contribution in [0.1, 0.15) is 46.5 Å². The van der Waals surface area contributed by atoms with E-state index in [1.54, 1.807) is 25.8 Å². The van der Waals surface area contributed by atoms with Crippen LogP contribution in [-0.2, 0) is 4.79 Å². The van der Waals surface area contributed by atoms with Crippen molar-refractivity contribution < 1.29 is 9.18 Å². The number of halogens is 1. The number of hydrogen-bond donors (Lipinski definition) is 4. The van der Waals surface area contributed by atoms with Crippen molar-refractivity contribution in [2.45, 2.75) is 81.5 Å². The van der Waals surface area contributed by atoms with Gasteiger partial charge in [-0.15, -0.1) is 0 Å². The molecule has 0 aromatic heterocycles. The van der Waals surface area contributed by atoms with E-state index in [-0.39, 0.29) is 23.2 Å². The fourth-order valence-corrected chi connectivity index (χ4v) is 6.73. The fourth-order valence-electron chi connectivity index (χ4n) is 5.37. The zero-order valence-electron chi connectivity index (χ0n) is 17.5. The average Bonchev–Trinajstić information content (AvgIpc) is 3.27. The number of piperidine rings is 1. The molecule has 3 saturated heterocycles. The molecule has 0 aromatic carbocycles. The van der Waals surface area contributed by atoms with E-state index in [9.17, 15) is 9.18 Å². The molecular formula is C20H36FN5OS. The first-order valence-electron chi connectivity index (χ1n) is 10.8. The van der Waals surface area contributed by atoms with Crippen LogP contribution in [0.2, 0.25) is 0 Å². The van der Waals surface area contributed by atoms with Crippen molar-refractivity contribution >= 4 is 17.9 Å². The number of nitrogens with zero attached hydrogens (tertiary/aromatic N) is 1. The highest BCUT2D eigenvalue weighted by Gasteiger charge is 2.53. The smallest absolute Gasteiger partial charge is 0.235 e. The maximum Gasteiger partial charge on any atom is 0.235 e. The van der Waals surface area contributed by atoms with E-state index >= 15 is 0 Å². The van der Waals surface area contributed by atoms with Crippen LogP contribution in [0.25, 0.3) is 0 Å². The summed E-state index contributed by atoms with van der Waals surface area (Å²) in [4.78, 5) is 13.2. The second kappa shape index (κ2) is 8.02. The molecule has 1 saturated carbocycles. The van der Waals surface area contributed by atoms with Crippen molar-refractivity contribution in [1.82, 2.24) is 25.8 Å². The van der Waals surface area contributed by atoms with Crippen LogP contribution < -0.4 is 20.8 Å². The molecule has 4 rings (SSSR count). The van der Waals surface area contributed by atoms with Crippen LogP contribution in [0.5, 0.6) is 0 Å². The molecule has 7 atom stereocenters. The predicted molar refractivity (Wildman–Crippen MR) is 111 cm³/mol. The summed E-state index contributed by atoms with van der Waals surface area (Å²) in [6.45, 7) is 7.25. The third-order valence-corrected chi connectivity index (χ3v) is 8.30. The van der Waals surface area contributed by atoms with Gasteiger partial charge in [0.05, 0.1) is 0 Å². The number of carbonyl (C=O) groups excluding carboxylic acids is 1. The van der Waals surface area contributed by atoms with Gasteiger partial charge in [-0.1, -0.05) is 11.9 Å². The SMILES string of the molecule is CC1NN(C)CC1C1NSC(C(=O)NC2CCNC(C(C)(C)F)C2)C1C1CC1. The second-order valence-corrected chi connectivity index (χ2v) is 10.8. The Morgan fingerprint density at radius 2 is 2.04 bits per heavy atom. The van der Waals surface area contributed by atoms with E-state index in [2.05, 4.69) is 39.8 Å². The Kier molecular flexibility index (Phi) is 5.97. The molecule has 0 radical (unpaired) electrons. The predicted octanol–water partition coefficient (Wildman–Crippen LogP) is 1.44. The van der Waals surface area contributed by atoms with E-state index in [0.717, 1.165) is 19.5 Å². The summed E-state index contributed by atoms with van der Waals surface area (Å²) >= 11 is 1.62. The molecule has 4 N–H and O–H groups in total. The van der Waals surface area contributed by atoms with Crippen molar-refractivity contribution in [3.63, 3.8) is 0 Å². The first-order chi connectivity index (χ1) is 13.2. The van der Waals surface area contributed by atoms with Crippen LogP contribution >= 0.6 is 11.9 Å². The Balaban J connectivity index is 1.40. The van der Waals surface area contributed by atoms with Gasteiger partial charge in [0, 0.05) is 49.6 Å². The van der Waals surface area contributed by atoms with Crippen LogP contribution in [0, 0.1) is 17.8 Å². The van der Waals surface area contributed by atoms with E-state index in [1.807, 2.05) is 0 Å². The van der Waals surface area contributed by atoms with Crippen molar-refractivity contribution in [1.29, 1.82) is 0 Å². The van der Waals surface area contributed by atoms with Gasteiger partial charge in [-0.05, 0) is 58.9 Å². The zero-order valence-corrected chi connectivity index (χ0v) is 18.3. The number of amides is 1. The molecule has 1 amide bonds. The molecule has 0 bridgehead atoms. The largest absolute Gasteiger partial charge is 0.352 e. The van der Waals surface area contributed by atoms with Crippen molar-refractivity contribution in [3.05, 3.63) is 0 Å². The van der Waals surface area contributed by atoms with E-state index < -0.39 is 5.67 Å². The lowest BCUT2D eigenvalue weighted by molar-refractivity contribution is -0.122.